The van der Waals surface area contributed by atoms with Crippen LogP contribution in [0.4, 0.5) is 13.2 Å². The van der Waals surface area contributed by atoms with Crippen LogP contribution in [0.15, 0.2) is 48.5 Å². The van der Waals surface area contributed by atoms with E-state index in [0.717, 1.165) is 24.3 Å². The van der Waals surface area contributed by atoms with E-state index in [1.165, 1.54) is 24.3 Å². The van der Waals surface area contributed by atoms with Crippen LogP contribution in [-0.2, 0) is 20.5 Å². The molecule has 9 heteroatoms. The lowest BCUT2D eigenvalue weighted by molar-refractivity contribution is -0.137. The van der Waals surface area contributed by atoms with Crippen molar-refractivity contribution >= 4 is 21.9 Å². The van der Waals surface area contributed by atoms with Gasteiger partial charge in [-0.15, -0.1) is 0 Å². The van der Waals surface area contributed by atoms with Crippen molar-refractivity contribution < 1.29 is 35.4 Å². The third kappa shape index (κ3) is 4.90. The molecule has 2 aromatic carbocycles. The van der Waals surface area contributed by atoms with Crippen LogP contribution >= 0.6 is 0 Å². The number of ketones is 1. The van der Waals surface area contributed by atoms with Crippen molar-refractivity contribution in [2.45, 2.75) is 6.18 Å². The van der Waals surface area contributed by atoms with E-state index >= 15 is 0 Å². The smallest absolute Gasteiger partial charge is 0.341 e. The van der Waals surface area contributed by atoms with Crippen molar-refractivity contribution in [3.8, 4) is 0 Å². The van der Waals surface area contributed by atoms with Crippen LogP contribution in [0.5, 0.6) is 0 Å². The molecule has 0 spiro atoms. The molecule has 0 aliphatic heterocycles. The van der Waals surface area contributed by atoms with Gasteiger partial charge >= 0.3 is 22.3 Å². The first kappa shape index (κ1) is 18.7. The minimum absolute atomic E-state index is 0.0412. The molecule has 0 aliphatic carbocycles. The lowest BCUT2D eigenvalue weighted by atomic mass is 10.0. The van der Waals surface area contributed by atoms with E-state index in [1.807, 2.05) is 0 Å². The molecule has 2 rings (SSSR count). The summed E-state index contributed by atoms with van der Waals surface area (Å²) in [7, 11) is -3.97. The van der Waals surface area contributed by atoms with Gasteiger partial charge < -0.3 is 4.18 Å². The maximum absolute atomic E-state index is 12.5. The molecule has 0 aliphatic rings. The number of carbonyl (C=O) groups is 2. The second-order valence-electron chi connectivity index (χ2n) is 5.06. The van der Waals surface area contributed by atoms with E-state index in [9.17, 15) is 31.2 Å². The molecule has 0 fully saturated rings. The maximum Gasteiger partial charge on any atom is 0.416 e. The Kier molecular flexibility index (Phi) is 4.98. The lowest BCUT2D eigenvalue weighted by Crippen LogP contribution is -2.11. The number of hydrogen-bond acceptors (Lipinski definition) is 5. The molecule has 0 bridgehead atoms. The maximum atomic E-state index is 12.5. The Hall–Kier alpha value is -2.68. The van der Waals surface area contributed by atoms with E-state index in [1.54, 1.807) is 0 Å². The molecule has 0 saturated heterocycles. The van der Waals surface area contributed by atoms with E-state index in [0.29, 0.717) is 6.26 Å². The van der Waals surface area contributed by atoms with Crippen LogP contribution in [0.1, 0.15) is 31.8 Å². The second kappa shape index (κ2) is 6.67. The second-order valence-corrected chi connectivity index (χ2v) is 6.63. The van der Waals surface area contributed by atoms with Crippen molar-refractivity contribution in [1.29, 1.82) is 0 Å². The fourth-order valence-corrected chi connectivity index (χ4v) is 2.29. The standard InChI is InChI=1S/C16H11F3O5S/c1-25(22,23)24-15(21)12-4-2-10(3-5-12)14(20)11-6-8-13(9-7-11)16(17,18)19/h2-9H,1H3. The summed E-state index contributed by atoms with van der Waals surface area (Å²) in [5.74, 6) is -1.65. The average molecular weight is 372 g/mol. The minimum Gasteiger partial charge on any atom is -0.341 e. The topological polar surface area (TPSA) is 77.5 Å². The van der Waals surface area contributed by atoms with Gasteiger partial charge in [-0.2, -0.15) is 21.6 Å². The van der Waals surface area contributed by atoms with Gasteiger partial charge in [-0.3, -0.25) is 4.79 Å². The normalized spacial score (nSPS) is 11.8. The van der Waals surface area contributed by atoms with Gasteiger partial charge in [0.1, 0.15) is 0 Å². The van der Waals surface area contributed by atoms with E-state index in [-0.39, 0.29) is 16.7 Å². The predicted molar refractivity (Wildman–Crippen MR) is 81.6 cm³/mol. The van der Waals surface area contributed by atoms with Crippen LogP contribution in [0, 0.1) is 0 Å². The number of hydrogen-bond donors (Lipinski definition) is 0. The summed E-state index contributed by atoms with van der Waals surface area (Å²) in [6.07, 6.45) is -3.78. The Labute approximate surface area is 141 Å². The molecule has 25 heavy (non-hydrogen) atoms. The lowest BCUT2D eigenvalue weighted by Gasteiger charge is -2.07. The van der Waals surface area contributed by atoms with Crippen LogP contribution in [0.25, 0.3) is 0 Å². The van der Waals surface area contributed by atoms with Gasteiger partial charge in [-0.1, -0.05) is 24.3 Å². The Morgan fingerprint density at radius 3 is 1.64 bits per heavy atom. The molecule has 0 radical (unpaired) electrons. The third-order valence-electron chi connectivity index (χ3n) is 3.08. The number of halogens is 3. The van der Waals surface area contributed by atoms with Crippen molar-refractivity contribution in [2.24, 2.45) is 0 Å². The first-order valence-corrected chi connectivity index (χ1v) is 8.55. The summed E-state index contributed by atoms with van der Waals surface area (Å²) in [4.78, 5) is 23.8. The van der Waals surface area contributed by atoms with Crippen molar-refractivity contribution in [3.63, 3.8) is 0 Å². The van der Waals surface area contributed by atoms with E-state index < -0.39 is 33.6 Å². The number of carbonyl (C=O) groups excluding carboxylic acids is 2. The number of benzene rings is 2. The van der Waals surface area contributed by atoms with Crippen molar-refractivity contribution in [1.82, 2.24) is 0 Å². The van der Waals surface area contributed by atoms with Gasteiger partial charge in [0.2, 0.25) is 0 Å². The largest absolute Gasteiger partial charge is 0.416 e. The molecule has 0 heterocycles. The molecule has 0 unspecified atom stereocenters. The summed E-state index contributed by atoms with van der Waals surface area (Å²) in [5.41, 5.74) is -0.799. The van der Waals surface area contributed by atoms with Gasteiger partial charge in [0.25, 0.3) is 0 Å². The summed E-state index contributed by atoms with van der Waals surface area (Å²) in [6, 6.07) is 8.57. The first-order chi connectivity index (χ1) is 11.5. The van der Waals surface area contributed by atoms with Gasteiger partial charge in [0.05, 0.1) is 17.4 Å². The van der Waals surface area contributed by atoms with Gasteiger partial charge in [0, 0.05) is 11.1 Å². The molecule has 0 saturated carbocycles. The monoisotopic (exact) mass is 372 g/mol. The molecule has 132 valence electrons. The van der Waals surface area contributed by atoms with Crippen LogP contribution < -0.4 is 0 Å². The summed E-state index contributed by atoms with van der Waals surface area (Å²) in [6.45, 7) is 0. The van der Waals surface area contributed by atoms with Gasteiger partial charge in [-0.25, -0.2) is 4.79 Å². The number of alkyl halides is 3. The highest BCUT2D eigenvalue weighted by Gasteiger charge is 2.30. The van der Waals surface area contributed by atoms with E-state index in [2.05, 4.69) is 4.18 Å². The molecule has 0 atom stereocenters. The summed E-state index contributed by atoms with van der Waals surface area (Å²) < 4.78 is 63.5. The minimum atomic E-state index is -4.50. The first-order valence-electron chi connectivity index (χ1n) is 6.73. The third-order valence-corrected chi connectivity index (χ3v) is 3.54. The average Bonchev–Trinajstić information content (AvgIpc) is 2.52. The summed E-state index contributed by atoms with van der Waals surface area (Å²) >= 11 is 0. The zero-order chi connectivity index (χ0) is 18.8. The SMILES string of the molecule is CS(=O)(=O)OC(=O)c1ccc(C(=O)c2ccc(C(F)(F)F)cc2)cc1. The molecular weight excluding hydrogens is 361 g/mol. The van der Waals surface area contributed by atoms with Crippen LogP contribution in [0.3, 0.4) is 0 Å². The van der Waals surface area contributed by atoms with Crippen molar-refractivity contribution in [2.75, 3.05) is 6.26 Å². The Morgan fingerprint density at radius 1 is 0.840 bits per heavy atom. The Bertz CT molecular complexity index is 898. The van der Waals surface area contributed by atoms with Crippen LogP contribution in [0.2, 0.25) is 0 Å². The van der Waals surface area contributed by atoms with Gasteiger partial charge in [0.15, 0.2) is 5.78 Å². The molecule has 0 N–H and O–H groups in total. The fourth-order valence-electron chi connectivity index (χ4n) is 1.92. The van der Waals surface area contributed by atoms with E-state index in [4.69, 9.17) is 0 Å². The predicted octanol–water partition coefficient (Wildman–Crippen LogP) is 3.05. The highest BCUT2D eigenvalue weighted by Crippen LogP contribution is 2.29. The molecule has 5 nitrogen and oxygen atoms in total. The highest BCUT2D eigenvalue weighted by atomic mass is 32.2. The quantitative estimate of drug-likeness (QED) is 0.609. The Morgan fingerprint density at radius 2 is 1.24 bits per heavy atom. The van der Waals surface area contributed by atoms with Crippen molar-refractivity contribution in [3.05, 3.63) is 70.8 Å². The molecule has 2 aromatic rings. The number of rotatable bonds is 4. The molecule has 0 amide bonds. The molecular formula is C16H11F3O5S. The Balaban J connectivity index is 2.19. The molecule has 0 aromatic heterocycles. The fraction of sp³-hybridized carbons (Fsp3) is 0.125. The summed E-state index contributed by atoms with van der Waals surface area (Å²) in [5, 5.41) is 0. The van der Waals surface area contributed by atoms with Gasteiger partial charge in [-0.05, 0) is 24.3 Å². The zero-order valence-electron chi connectivity index (χ0n) is 12.7. The highest BCUT2D eigenvalue weighted by molar-refractivity contribution is 7.86. The van der Waals surface area contributed by atoms with Crippen LogP contribution in [-0.4, -0.2) is 26.4 Å². The zero-order valence-corrected chi connectivity index (χ0v) is 13.5.